The minimum Gasteiger partial charge on any atom is -0.461 e. The van der Waals surface area contributed by atoms with Gasteiger partial charge in [-0.3, -0.25) is 9.59 Å². The third-order valence-electron chi connectivity index (χ3n) is 5.13. The summed E-state index contributed by atoms with van der Waals surface area (Å²) in [5, 5.41) is 0.450. The monoisotopic (exact) mass is 459 g/mol. The van der Waals surface area contributed by atoms with E-state index in [9.17, 15) is 18.0 Å². The molecule has 33 heavy (non-hydrogen) atoms. The van der Waals surface area contributed by atoms with Crippen molar-refractivity contribution in [2.24, 2.45) is 0 Å². The molecule has 1 amide bonds. The number of fused-ring (bicyclic) bond motifs is 1. The van der Waals surface area contributed by atoms with Crippen molar-refractivity contribution in [3.05, 3.63) is 102 Å². The topological polar surface area (TPSA) is 84.7 Å². The number of sulfonamides is 1. The minimum atomic E-state index is -4.24. The van der Waals surface area contributed by atoms with Gasteiger partial charge in [0.25, 0.3) is 15.9 Å². The SMILES string of the molecule is CC(=O)c1c(C)oc2ccc(N(C(=O)/C=C\c3ccccc3)S(=O)(=O)c3ccccc3)cc12. The van der Waals surface area contributed by atoms with Gasteiger partial charge in [0.1, 0.15) is 11.3 Å². The Balaban J connectivity index is 1.87. The lowest BCUT2D eigenvalue weighted by Gasteiger charge is -2.21. The number of hydrogen-bond acceptors (Lipinski definition) is 5. The molecule has 3 aromatic carbocycles. The van der Waals surface area contributed by atoms with E-state index in [1.165, 1.54) is 37.3 Å². The van der Waals surface area contributed by atoms with Crippen molar-refractivity contribution in [3.63, 3.8) is 0 Å². The lowest BCUT2D eigenvalue weighted by Crippen LogP contribution is -2.35. The molecular formula is C26H21NO5S. The zero-order valence-corrected chi connectivity index (χ0v) is 18.9. The number of anilines is 1. The summed E-state index contributed by atoms with van der Waals surface area (Å²) in [6.45, 7) is 3.08. The number of furan rings is 1. The van der Waals surface area contributed by atoms with Crippen LogP contribution in [0.2, 0.25) is 0 Å². The van der Waals surface area contributed by atoms with Crippen molar-refractivity contribution >= 4 is 44.4 Å². The fraction of sp³-hybridized carbons (Fsp3) is 0.0769. The number of carbonyl (C=O) groups is 2. The Morgan fingerprint density at radius 2 is 1.55 bits per heavy atom. The van der Waals surface area contributed by atoms with E-state index < -0.39 is 15.9 Å². The molecule has 0 radical (unpaired) electrons. The van der Waals surface area contributed by atoms with Crippen LogP contribution in [0.25, 0.3) is 17.0 Å². The molecule has 0 saturated carbocycles. The van der Waals surface area contributed by atoms with E-state index in [4.69, 9.17) is 4.42 Å². The van der Waals surface area contributed by atoms with Crippen LogP contribution in [0.3, 0.4) is 0 Å². The molecule has 0 fully saturated rings. The average Bonchev–Trinajstić information content (AvgIpc) is 3.14. The first kappa shape index (κ1) is 22.2. The zero-order chi connectivity index (χ0) is 23.6. The van der Waals surface area contributed by atoms with E-state index in [0.717, 1.165) is 9.87 Å². The maximum Gasteiger partial charge on any atom is 0.271 e. The molecule has 7 heteroatoms. The van der Waals surface area contributed by atoms with Gasteiger partial charge in [0.05, 0.1) is 16.1 Å². The van der Waals surface area contributed by atoms with Gasteiger partial charge in [-0.15, -0.1) is 0 Å². The molecular weight excluding hydrogens is 438 g/mol. The number of hydrogen-bond donors (Lipinski definition) is 0. The summed E-state index contributed by atoms with van der Waals surface area (Å²) >= 11 is 0. The van der Waals surface area contributed by atoms with Crippen LogP contribution in [0.4, 0.5) is 5.69 Å². The Hall–Kier alpha value is -3.97. The quantitative estimate of drug-likeness (QED) is 0.286. The van der Waals surface area contributed by atoms with Crippen LogP contribution in [0, 0.1) is 6.92 Å². The average molecular weight is 460 g/mol. The lowest BCUT2D eigenvalue weighted by atomic mass is 10.1. The predicted octanol–water partition coefficient (Wildman–Crippen LogP) is 5.38. The summed E-state index contributed by atoms with van der Waals surface area (Å²) in [5.74, 6) is -0.523. The Morgan fingerprint density at radius 1 is 0.909 bits per heavy atom. The third kappa shape index (κ3) is 4.36. The first-order valence-corrected chi connectivity index (χ1v) is 11.6. The van der Waals surface area contributed by atoms with Crippen LogP contribution in [0.5, 0.6) is 0 Å². The second-order valence-electron chi connectivity index (χ2n) is 7.43. The number of aryl methyl sites for hydroxylation is 1. The van der Waals surface area contributed by atoms with E-state index in [2.05, 4.69) is 0 Å². The van der Waals surface area contributed by atoms with Gasteiger partial charge in [0, 0.05) is 11.5 Å². The molecule has 166 valence electrons. The Bertz CT molecular complexity index is 1470. The summed E-state index contributed by atoms with van der Waals surface area (Å²) < 4.78 is 33.4. The fourth-order valence-electron chi connectivity index (χ4n) is 3.65. The van der Waals surface area contributed by atoms with Crippen molar-refractivity contribution in [2.45, 2.75) is 18.7 Å². The second kappa shape index (κ2) is 8.88. The van der Waals surface area contributed by atoms with Gasteiger partial charge < -0.3 is 4.42 Å². The van der Waals surface area contributed by atoms with Crippen LogP contribution >= 0.6 is 0 Å². The summed E-state index contributed by atoms with van der Waals surface area (Å²) in [6.07, 6.45) is 2.77. The van der Waals surface area contributed by atoms with Gasteiger partial charge in [-0.05, 0) is 55.8 Å². The number of Topliss-reactive ketones (excluding diaryl/α,β-unsaturated/α-hetero) is 1. The maximum absolute atomic E-state index is 13.5. The molecule has 4 rings (SSSR count). The molecule has 1 heterocycles. The van der Waals surface area contributed by atoms with E-state index >= 15 is 0 Å². The standard InChI is InChI=1S/C26H21NO5S/c1-18(28)26-19(2)32-24-15-14-21(17-23(24)26)27(33(30,31)22-11-7-4-8-12-22)25(29)16-13-20-9-5-3-6-10-20/h3-17H,1-2H3/b16-13-. The van der Waals surface area contributed by atoms with Gasteiger partial charge in [-0.25, -0.2) is 8.42 Å². The summed E-state index contributed by atoms with van der Waals surface area (Å²) in [7, 11) is -4.24. The van der Waals surface area contributed by atoms with Crippen LogP contribution in [0.1, 0.15) is 28.6 Å². The predicted molar refractivity (Wildman–Crippen MR) is 128 cm³/mol. The highest BCUT2D eigenvalue weighted by Gasteiger charge is 2.30. The van der Waals surface area contributed by atoms with Crippen molar-refractivity contribution in [1.29, 1.82) is 0 Å². The second-order valence-corrected chi connectivity index (χ2v) is 9.22. The lowest BCUT2D eigenvalue weighted by molar-refractivity contribution is -0.113. The highest BCUT2D eigenvalue weighted by molar-refractivity contribution is 7.93. The van der Waals surface area contributed by atoms with Gasteiger partial charge in [0.2, 0.25) is 0 Å². The number of carbonyl (C=O) groups excluding carboxylic acids is 2. The molecule has 0 saturated heterocycles. The van der Waals surface area contributed by atoms with Crippen molar-refractivity contribution in [1.82, 2.24) is 0 Å². The summed E-state index contributed by atoms with van der Waals surface area (Å²) in [4.78, 5) is 25.4. The number of rotatable bonds is 6. The molecule has 4 aromatic rings. The molecule has 6 nitrogen and oxygen atoms in total. The largest absolute Gasteiger partial charge is 0.461 e. The summed E-state index contributed by atoms with van der Waals surface area (Å²) in [6, 6.07) is 21.4. The van der Waals surface area contributed by atoms with Crippen LogP contribution in [0.15, 0.2) is 94.3 Å². The van der Waals surface area contributed by atoms with Crippen LogP contribution in [-0.4, -0.2) is 20.1 Å². The van der Waals surface area contributed by atoms with Crippen LogP contribution < -0.4 is 4.31 Å². The van der Waals surface area contributed by atoms with Crippen molar-refractivity contribution in [3.8, 4) is 0 Å². The number of ketones is 1. The van der Waals surface area contributed by atoms with Crippen molar-refractivity contribution < 1.29 is 22.4 Å². The first-order valence-electron chi connectivity index (χ1n) is 10.2. The number of nitrogens with zero attached hydrogens (tertiary/aromatic N) is 1. The fourth-order valence-corrected chi connectivity index (χ4v) is 5.05. The first-order chi connectivity index (χ1) is 15.8. The van der Waals surface area contributed by atoms with E-state index in [0.29, 0.717) is 22.3 Å². The number of benzene rings is 3. The Labute approximate surface area is 191 Å². The molecule has 0 aliphatic heterocycles. The van der Waals surface area contributed by atoms with Crippen molar-refractivity contribution in [2.75, 3.05) is 4.31 Å². The van der Waals surface area contributed by atoms with Gasteiger partial charge >= 0.3 is 0 Å². The molecule has 0 spiro atoms. The molecule has 0 aliphatic carbocycles. The highest BCUT2D eigenvalue weighted by Crippen LogP contribution is 2.32. The zero-order valence-electron chi connectivity index (χ0n) is 18.1. The van der Waals surface area contributed by atoms with E-state index in [1.54, 1.807) is 49.4 Å². The molecule has 0 bridgehead atoms. The van der Waals surface area contributed by atoms with Gasteiger partial charge in [0.15, 0.2) is 5.78 Å². The molecule has 0 N–H and O–H groups in total. The Kier molecular flexibility index (Phi) is 5.98. The maximum atomic E-state index is 13.5. The highest BCUT2D eigenvalue weighted by atomic mass is 32.2. The number of amides is 1. The van der Waals surface area contributed by atoms with Gasteiger partial charge in [-0.2, -0.15) is 4.31 Å². The molecule has 0 aliphatic rings. The minimum absolute atomic E-state index is 0.0262. The van der Waals surface area contributed by atoms with E-state index in [-0.39, 0.29) is 16.4 Å². The molecule has 1 aromatic heterocycles. The summed E-state index contributed by atoms with van der Waals surface area (Å²) in [5.41, 5.74) is 1.65. The molecule has 0 atom stereocenters. The Morgan fingerprint density at radius 3 is 2.18 bits per heavy atom. The van der Waals surface area contributed by atoms with Gasteiger partial charge in [-0.1, -0.05) is 48.5 Å². The normalized spacial score (nSPS) is 11.7. The molecule has 0 unspecified atom stereocenters. The smallest absolute Gasteiger partial charge is 0.271 e. The third-order valence-corrected chi connectivity index (χ3v) is 6.87. The van der Waals surface area contributed by atoms with Crippen LogP contribution in [-0.2, 0) is 14.8 Å². The van der Waals surface area contributed by atoms with E-state index in [1.807, 2.05) is 18.2 Å².